The van der Waals surface area contributed by atoms with Gasteiger partial charge in [-0.2, -0.15) is 0 Å². The molecule has 3 saturated carbocycles. The van der Waals surface area contributed by atoms with Gasteiger partial charge in [-0.15, -0.1) is 23.5 Å². The van der Waals surface area contributed by atoms with E-state index in [2.05, 4.69) is 33.5 Å². The number of nitrogens with one attached hydrogen (secondary N) is 1. The third-order valence-electron chi connectivity index (χ3n) is 14.6. The zero-order valence-corrected chi connectivity index (χ0v) is 51.7. The summed E-state index contributed by atoms with van der Waals surface area (Å²) in [6.07, 6.45) is 14.7. The van der Waals surface area contributed by atoms with Crippen molar-refractivity contribution >= 4 is 70.2 Å². The molecule has 20 heteroatoms. The van der Waals surface area contributed by atoms with E-state index in [1.54, 1.807) is 34.6 Å². The Kier molecular flexibility index (Phi) is 24.7. The lowest BCUT2D eigenvalue weighted by atomic mass is 9.96. The van der Waals surface area contributed by atoms with Gasteiger partial charge in [-0.25, -0.2) is 0 Å². The number of aromatic nitrogens is 2. The van der Waals surface area contributed by atoms with Crippen LogP contribution in [0.3, 0.4) is 0 Å². The molecule has 3 aliphatic carbocycles. The Balaban J connectivity index is 0.628. The molecule has 3 fully saturated rings. The number of ketones is 2. The van der Waals surface area contributed by atoms with Crippen LogP contribution in [-0.2, 0) is 63.5 Å². The van der Waals surface area contributed by atoms with Gasteiger partial charge in [0.1, 0.15) is 23.1 Å². The maximum Gasteiger partial charge on any atom is 0.317 e. The van der Waals surface area contributed by atoms with Gasteiger partial charge in [-0.3, -0.25) is 38.9 Å². The number of hydrogen-bond donors (Lipinski definition) is 2. The second kappa shape index (κ2) is 32.9. The van der Waals surface area contributed by atoms with E-state index in [1.165, 1.54) is 11.8 Å². The zero-order chi connectivity index (χ0) is 60.1. The first kappa shape index (κ1) is 64.6. The van der Waals surface area contributed by atoms with Crippen molar-refractivity contribution < 1.29 is 52.7 Å². The number of rotatable bonds is 40. The number of carboxylic acid groups (broad SMARTS) is 1. The van der Waals surface area contributed by atoms with E-state index in [-0.39, 0.29) is 88.5 Å². The van der Waals surface area contributed by atoms with E-state index in [0.717, 1.165) is 104 Å². The van der Waals surface area contributed by atoms with E-state index in [0.29, 0.717) is 67.6 Å². The molecule has 3 aliphatic rings. The normalized spacial score (nSPS) is 14.3. The van der Waals surface area contributed by atoms with Gasteiger partial charge in [0.25, 0.3) is 0 Å². The average molecular weight is 1250 g/mol. The molecule has 0 radical (unpaired) electrons. The van der Waals surface area contributed by atoms with Crippen LogP contribution in [0.5, 0.6) is 11.5 Å². The van der Waals surface area contributed by atoms with Gasteiger partial charge in [0.05, 0.1) is 83.6 Å². The van der Waals surface area contributed by atoms with E-state index in [1.807, 2.05) is 97.5 Å². The van der Waals surface area contributed by atoms with Gasteiger partial charge in [0.2, 0.25) is 5.91 Å². The predicted molar refractivity (Wildman–Crippen MR) is 335 cm³/mol. The molecule has 0 saturated heterocycles. The fourth-order valence-electron chi connectivity index (χ4n) is 9.79. The number of halogens is 2. The maximum atomic E-state index is 13.1. The first-order valence-corrected chi connectivity index (χ1v) is 32.1. The monoisotopic (exact) mass is 1250 g/mol. The summed E-state index contributed by atoms with van der Waals surface area (Å²) in [5, 5.41) is 13.8. The Bertz CT molecular complexity index is 3240. The summed E-state index contributed by atoms with van der Waals surface area (Å²) in [6.45, 7) is 4.14. The van der Waals surface area contributed by atoms with Gasteiger partial charge in [-0.05, 0) is 135 Å². The maximum absolute atomic E-state index is 13.1. The first-order chi connectivity index (χ1) is 41.9. The molecule has 2 heterocycles. The summed E-state index contributed by atoms with van der Waals surface area (Å²) in [6, 6.07) is 32.0. The predicted octanol–water partition coefficient (Wildman–Crippen LogP) is 11.8. The smallest absolute Gasteiger partial charge is 0.317 e. The topological polar surface area (TPSA) is 188 Å². The first-order valence-electron chi connectivity index (χ1n) is 29.4. The molecule has 0 aliphatic heterocycles. The van der Waals surface area contributed by atoms with Gasteiger partial charge in [0, 0.05) is 111 Å². The van der Waals surface area contributed by atoms with E-state index in [9.17, 15) is 24.3 Å². The van der Waals surface area contributed by atoms with E-state index < -0.39 is 11.6 Å². The van der Waals surface area contributed by atoms with Crippen molar-refractivity contribution in [1.29, 1.82) is 0 Å². The Morgan fingerprint density at radius 3 is 1.81 bits per heavy atom. The lowest BCUT2D eigenvalue weighted by molar-refractivity contribution is -0.139. The number of pyridine rings is 2. The summed E-state index contributed by atoms with van der Waals surface area (Å²) in [5.74, 6) is 1.45. The molecule has 0 unspecified atom stereocenters. The van der Waals surface area contributed by atoms with Crippen molar-refractivity contribution in [3.8, 4) is 33.8 Å². The average Bonchev–Trinajstić information content (AvgIpc) is 3.93. The molecule has 1 amide bonds. The van der Waals surface area contributed by atoms with Crippen molar-refractivity contribution in [3.05, 3.63) is 154 Å². The number of amides is 1. The number of carboxylic acids is 1. The number of nitrogens with zero attached hydrogens (tertiary/aromatic N) is 4. The van der Waals surface area contributed by atoms with Gasteiger partial charge in [-0.1, -0.05) is 59.6 Å². The Morgan fingerprint density at radius 1 is 0.628 bits per heavy atom. The number of aliphatic carboxylic acids is 1. The highest BCUT2D eigenvalue weighted by Crippen LogP contribution is 2.53. The largest absolute Gasteiger partial charge is 0.490 e. The minimum atomic E-state index is -1.08. The molecule has 0 spiro atoms. The number of benzene rings is 4. The van der Waals surface area contributed by atoms with Gasteiger partial charge >= 0.3 is 5.97 Å². The lowest BCUT2D eigenvalue weighted by Gasteiger charge is -2.25. The number of para-hydroxylation sites is 2. The third-order valence-corrected chi connectivity index (χ3v) is 17.2. The SMILES string of the molecule is CC(=O)CN(CCN(CC(=O)O)CC(=O)CCCOCCSc1ccc(Cl)c(COCc2cnccc2-c2ccccc2OC2CC2)c1)CC(=O)NCCOCCSc1ccc(Cl)c(COC2(c3cnccc3-c3ccccc3OC3CC3)CC2)c1. The minimum Gasteiger partial charge on any atom is -0.490 e. The van der Waals surface area contributed by atoms with Crippen molar-refractivity contribution in [2.24, 2.45) is 0 Å². The molecule has 2 aromatic heterocycles. The summed E-state index contributed by atoms with van der Waals surface area (Å²) in [4.78, 5) is 64.2. The summed E-state index contributed by atoms with van der Waals surface area (Å²) in [5.41, 5.74) is 7.47. The molecular weight excluding hydrogens is 1170 g/mol. The molecule has 456 valence electrons. The number of thioether (sulfide) groups is 2. The van der Waals surface area contributed by atoms with Crippen LogP contribution in [0, 0.1) is 0 Å². The second-order valence-corrected chi connectivity index (χ2v) is 24.9. The molecule has 0 atom stereocenters. The fraction of sp³-hybridized carbons (Fsp3) is 0.424. The van der Waals surface area contributed by atoms with Crippen LogP contribution in [-0.4, -0.2) is 144 Å². The fourth-order valence-corrected chi connectivity index (χ4v) is 11.8. The Morgan fingerprint density at radius 2 is 1.20 bits per heavy atom. The van der Waals surface area contributed by atoms with E-state index in [4.69, 9.17) is 51.6 Å². The highest BCUT2D eigenvalue weighted by atomic mass is 35.5. The third kappa shape index (κ3) is 20.6. The van der Waals surface area contributed by atoms with Crippen LogP contribution >= 0.6 is 46.7 Å². The van der Waals surface area contributed by atoms with Crippen LogP contribution in [0.15, 0.2) is 132 Å². The quantitative estimate of drug-likeness (QED) is 0.0273. The van der Waals surface area contributed by atoms with Crippen LogP contribution in [0.25, 0.3) is 22.3 Å². The van der Waals surface area contributed by atoms with Crippen molar-refractivity contribution in [3.63, 3.8) is 0 Å². The number of Topliss-reactive ketones (excluding diaryl/α,β-unsaturated/α-hetero) is 2. The number of hydrogen-bond acceptors (Lipinski definition) is 16. The Hall–Kier alpha value is -5.90. The number of ether oxygens (including phenoxy) is 6. The van der Waals surface area contributed by atoms with Crippen LogP contribution in [0.4, 0.5) is 0 Å². The minimum absolute atomic E-state index is 0.00400. The second-order valence-electron chi connectivity index (χ2n) is 21.8. The van der Waals surface area contributed by atoms with Crippen LogP contribution in [0.2, 0.25) is 10.0 Å². The number of carbonyl (C=O) groups is 4. The molecule has 9 rings (SSSR count). The molecule has 6 aromatic rings. The summed E-state index contributed by atoms with van der Waals surface area (Å²) >= 11 is 16.6. The van der Waals surface area contributed by atoms with Crippen molar-refractivity contribution in [2.75, 3.05) is 83.7 Å². The lowest BCUT2D eigenvalue weighted by Crippen LogP contribution is -2.45. The molecule has 0 bridgehead atoms. The molecule has 86 heavy (non-hydrogen) atoms. The van der Waals surface area contributed by atoms with Crippen LogP contribution in [0.1, 0.15) is 80.5 Å². The number of carbonyl (C=O) groups excluding carboxylic acids is 3. The zero-order valence-electron chi connectivity index (χ0n) is 48.6. The highest BCUT2D eigenvalue weighted by molar-refractivity contribution is 7.99. The molecule has 4 aromatic carbocycles. The molecule has 2 N–H and O–H groups in total. The Labute approximate surface area is 522 Å². The summed E-state index contributed by atoms with van der Waals surface area (Å²) in [7, 11) is 0. The molecule has 16 nitrogen and oxygen atoms in total. The summed E-state index contributed by atoms with van der Waals surface area (Å²) < 4.78 is 37.0. The van der Waals surface area contributed by atoms with Crippen LogP contribution < -0.4 is 14.8 Å². The van der Waals surface area contributed by atoms with Gasteiger partial charge < -0.3 is 38.8 Å². The molecular formula is C66H75Cl2N5O11S2. The van der Waals surface area contributed by atoms with Gasteiger partial charge in [0.15, 0.2) is 0 Å². The standard InChI is InChI=1S/C66H75Cl2N5O11S2/c1-46(74)39-72(41-64(76)71-26-30-80-32-34-86-54-17-19-61(68)48(36-54)45-82-66(22-23-66)59-38-70-25-21-56(59)58-9-3-5-11-63(58)84-52-14-15-52)27-28-73(42-65(77)78)40-50(75)7-6-29-79-31-33-85-53-16-18-60(67)47(35-53)43-81-44-49-37-69-24-20-55(49)57-8-2-4-10-62(57)83-51-12-13-51/h2-5,8-11,16-21,24-25,35-38,51-52H,6-7,12-15,22-23,26-34,39-45H2,1H3,(H,71,76)(H,77,78). The van der Waals surface area contributed by atoms with Crippen molar-refractivity contribution in [2.45, 2.75) is 106 Å². The van der Waals surface area contributed by atoms with Crippen molar-refractivity contribution in [1.82, 2.24) is 25.1 Å². The van der Waals surface area contributed by atoms with E-state index >= 15 is 0 Å². The highest BCUT2D eigenvalue weighted by Gasteiger charge is 2.48.